The summed E-state index contributed by atoms with van der Waals surface area (Å²) in [5, 5.41) is 13.5. The number of hydrogen-bond donors (Lipinski definition) is 2. The summed E-state index contributed by atoms with van der Waals surface area (Å²) in [4.78, 5) is 23.4. The molecule has 0 radical (unpaired) electrons. The first kappa shape index (κ1) is 18.2. The molecule has 0 spiro atoms. The number of carbonyl (C=O) groups is 2. The van der Waals surface area contributed by atoms with E-state index in [-0.39, 0.29) is 23.9 Å². The SMILES string of the molecule is CC(=O)c1cccc(Nc2ccc(NC(=O)Cc3ccccc3F)nn2)c1. The van der Waals surface area contributed by atoms with E-state index < -0.39 is 5.82 Å². The third-order valence-corrected chi connectivity index (χ3v) is 3.78. The minimum atomic E-state index is -0.425. The fourth-order valence-electron chi connectivity index (χ4n) is 2.43. The van der Waals surface area contributed by atoms with Crippen LogP contribution in [0.3, 0.4) is 0 Å². The van der Waals surface area contributed by atoms with Gasteiger partial charge in [0, 0.05) is 11.3 Å². The zero-order valence-corrected chi connectivity index (χ0v) is 14.6. The lowest BCUT2D eigenvalue weighted by molar-refractivity contribution is -0.115. The molecule has 1 aromatic heterocycles. The maximum atomic E-state index is 13.6. The molecule has 0 fully saturated rings. The second-order valence-corrected chi connectivity index (χ2v) is 5.88. The van der Waals surface area contributed by atoms with Gasteiger partial charge in [0.2, 0.25) is 5.91 Å². The Balaban J connectivity index is 1.62. The molecule has 0 aliphatic heterocycles. The molecule has 7 heteroatoms. The molecular formula is C20H17FN4O2. The summed E-state index contributed by atoms with van der Waals surface area (Å²) >= 11 is 0. The van der Waals surface area contributed by atoms with E-state index in [2.05, 4.69) is 20.8 Å². The predicted octanol–water partition coefficient (Wildman–Crippen LogP) is 3.74. The number of nitrogens with one attached hydrogen (secondary N) is 2. The van der Waals surface area contributed by atoms with Gasteiger partial charge in [-0.05, 0) is 42.8 Å². The average molecular weight is 364 g/mol. The second-order valence-electron chi connectivity index (χ2n) is 5.88. The van der Waals surface area contributed by atoms with Gasteiger partial charge >= 0.3 is 0 Å². The van der Waals surface area contributed by atoms with Crippen LogP contribution in [0.1, 0.15) is 22.8 Å². The lowest BCUT2D eigenvalue weighted by Gasteiger charge is -2.08. The highest BCUT2D eigenvalue weighted by atomic mass is 19.1. The van der Waals surface area contributed by atoms with Crippen LogP contribution in [0.5, 0.6) is 0 Å². The van der Waals surface area contributed by atoms with Gasteiger partial charge in [-0.2, -0.15) is 0 Å². The van der Waals surface area contributed by atoms with Crippen molar-refractivity contribution in [1.82, 2.24) is 10.2 Å². The molecule has 0 atom stereocenters. The number of aromatic nitrogens is 2. The van der Waals surface area contributed by atoms with Gasteiger partial charge in [-0.1, -0.05) is 30.3 Å². The number of ketones is 1. The third kappa shape index (κ3) is 4.94. The summed E-state index contributed by atoms with van der Waals surface area (Å²) in [7, 11) is 0. The molecule has 0 saturated carbocycles. The number of nitrogens with zero attached hydrogens (tertiary/aromatic N) is 2. The molecule has 2 aromatic carbocycles. The summed E-state index contributed by atoms with van der Waals surface area (Å²) in [6, 6.07) is 16.4. The van der Waals surface area contributed by atoms with Crippen LogP contribution in [0, 0.1) is 5.82 Å². The number of anilines is 3. The Bertz CT molecular complexity index is 974. The molecule has 0 saturated heterocycles. The minimum Gasteiger partial charge on any atom is -0.339 e. The largest absolute Gasteiger partial charge is 0.339 e. The number of Topliss-reactive ketones (excluding diaryl/α,β-unsaturated/α-hetero) is 1. The third-order valence-electron chi connectivity index (χ3n) is 3.78. The molecule has 1 amide bonds. The van der Waals surface area contributed by atoms with Crippen LogP contribution in [-0.2, 0) is 11.2 Å². The van der Waals surface area contributed by atoms with Crippen molar-refractivity contribution in [3.63, 3.8) is 0 Å². The van der Waals surface area contributed by atoms with Gasteiger partial charge in [-0.15, -0.1) is 10.2 Å². The fraction of sp³-hybridized carbons (Fsp3) is 0.100. The van der Waals surface area contributed by atoms with Crippen molar-refractivity contribution in [2.24, 2.45) is 0 Å². The van der Waals surface area contributed by atoms with E-state index in [0.29, 0.717) is 22.6 Å². The maximum absolute atomic E-state index is 13.6. The van der Waals surface area contributed by atoms with Crippen molar-refractivity contribution < 1.29 is 14.0 Å². The molecule has 0 aliphatic carbocycles. The van der Waals surface area contributed by atoms with Crippen LogP contribution in [-0.4, -0.2) is 21.9 Å². The quantitative estimate of drug-likeness (QED) is 0.651. The number of hydrogen-bond acceptors (Lipinski definition) is 5. The first-order chi connectivity index (χ1) is 13.0. The first-order valence-electron chi connectivity index (χ1n) is 8.26. The van der Waals surface area contributed by atoms with Crippen LogP contribution < -0.4 is 10.6 Å². The Morgan fingerprint density at radius 1 is 0.963 bits per heavy atom. The molecule has 27 heavy (non-hydrogen) atoms. The fourth-order valence-corrected chi connectivity index (χ4v) is 2.43. The Morgan fingerprint density at radius 3 is 2.41 bits per heavy atom. The minimum absolute atomic E-state index is 0.0300. The predicted molar refractivity (Wildman–Crippen MR) is 100 cm³/mol. The standard InChI is InChI=1S/C20H17FN4O2/c1-13(26)14-6-4-7-16(11-14)22-18-9-10-19(25-24-18)23-20(27)12-15-5-2-3-8-17(15)21/h2-11H,12H2,1H3,(H,22,24)(H,23,25,27). The molecule has 0 unspecified atom stereocenters. The highest BCUT2D eigenvalue weighted by Crippen LogP contribution is 2.17. The van der Waals surface area contributed by atoms with E-state index in [0.717, 1.165) is 0 Å². The summed E-state index contributed by atoms with van der Waals surface area (Å²) < 4.78 is 13.6. The summed E-state index contributed by atoms with van der Waals surface area (Å²) in [6.07, 6.45) is -0.0911. The number of halogens is 1. The Labute approximate surface area is 155 Å². The zero-order valence-electron chi connectivity index (χ0n) is 14.6. The van der Waals surface area contributed by atoms with E-state index in [1.807, 2.05) is 0 Å². The van der Waals surface area contributed by atoms with Gasteiger partial charge < -0.3 is 10.6 Å². The average Bonchev–Trinajstić information content (AvgIpc) is 2.65. The van der Waals surface area contributed by atoms with Crippen molar-refractivity contribution in [1.29, 1.82) is 0 Å². The lowest BCUT2D eigenvalue weighted by Crippen LogP contribution is -2.16. The normalized spacial score (nSPS) is 10.3. The summed E-state index contributed by atoms with van der Waals surface area (Å²) in [6.45, 7) is 1.50. The zero-order chi connectivity index (χ0) is 19.2. The summed E-state index contributed by atoms with van der Waals surface area (Å²) in [5.74, 6) is -0.116. The molecule has 0 bridgehead atoms. The van der Waals surface area contributed by atoms with Crippen molar-refractivity contribution >= 4 is 29.0 Å². The molecule has 136 valence electrons. The highest BCUT2D eigenvalue weighted by molar-refractivity contribution is 5.95. The smallest absolute Gasteiger partial charge is 0.230 e. The van der Waals surface area contributed by atoms with Gasteiger partial charge in [0.1, 0.15) is 5.82 Å². The van der Waals surface area contributed by atoms with Crippen LogP contribution in [0.25, 0.3) is 0 Å². The molecule has 6 nitrogen and oxygen atoms in total. The van der Waals surface area contributed by atoms with E-state index in [9.17, 15) is 14.0 Å². The monoisotopic (exact) mass is 364 g/mol. The van der Waals surface area contributed by atoms with Gasteiger partial charge in [0.15, 0.2) is 17.4 Å². The van der Waals surface area contributed by atoms with Gasteiger partial charge in [-0.25, -0.2) is 4.39 Å². The molecule has 2 N–H and O–H groups in total. The van der Waals surface area contributed by atoms with Crippen molar-refractivity contribution in [3.05, 3.63) is 77.6 Å². The van der Waals surface area contributed by atoms with Crippen molar-refractivity contribution in [2.45, 2.75) is 13.3 Å². The number of carbonyl (C=O) groups excluding carboxylic acids is 2. The highest BCUT2D eigenvalue weighted by Gasteiger charge is 2.09. The van der Waals surface area contributed by atoms with Gasteiger partial charge in [-0.3, -0.25) is 9.59 Å². The first-order valence-corrected chi connectivity index (χ1v) is 8.26. The van der Waals surface area contributed by atoms with E-state index in [4.69, 9.17) is 0 Å². The molecule has 3 rings (SSSR count). The maximum Gasteiger partial charge on any atom is 0.230 e. The lowest BCUT2D eigenvalue weighted by atomic mass is 10.1. The topological polar surface area (TPSA) is 84.0 Å². The van der Waals surface area contributed by atoms with E-state index in [1.54, 1.807) is 54.6 Å². The van der Waals surface area contributed by atoms with Crippen LogP contribution in [0.4, 0.5) is 21.7 Å². The Morgan fingerprint density at radius 2 is 1.70 bits per heavy atom. The van der Waals surface area contributed by atoms with E-state index in [1.165, 1.54) is 13.0 Å². The number of rotatable bonds is 6. The molecule has 0 aliphatic rings. The Kier molecular flexibility index (Phi) is 5.51. The molecular weight excluding hydrogens is 347 g/mol. The van der Waals surface area contributed by atoms with E-state index >= 15 is 0 Å². The van der Waals surface area contributed by atoms with Crippen LogP contribution in [0.2, 0.25) is 0 Å². The Hall–Kier alpha value is -3.61. The van der Waals surface area contributed by atoms with Gasteiger partial charge in [0.25, 0.3) is 0 Å². The van der Waals surface area contributed by atoms with Crippen molar-refractivity contribution in [2.75, 3.05) is 10.6 Å². The summed E-state index contributed by atoms with van der Waals surface area (Å²) in [5.41, 5.74) is 1.60. The van der Waals surface area contributed by atoms with Crippen LogP contribution >= 0.6 is 0 Å². The molecule has 3 aromatic rings. The second kappa shape index (κ2) is 8.18. The van der Waals surface area contributed by atoms with Crippen molar-refractivity contribution in [3.8, 4) is 0 Å². The number of benzene rings is 2. The number of amides is 1. The van der Waals surface area contributed by atoms with Gasteiger partial charge in [0.05, 0.1) is 6.42 Å². The van der Waals surface area contributed by atoms with Crippen LogP contribution in [0.15, 0.2) is 60.7 Å². The molecule has 1 heterocycles.